The fourth-order valence-corrected chi connectivity index (χ4v) is 3.60. The quantitative estimate of drug-likeness (QED) is 0.405. The van der Waals surface area contributed by atoms with Gasteiger partial charge >= 0.3 is 11.9 Å². The summed E-state index contributed by atoms with van der Waals surface area (Å²) in [5.41, 5.74) is 2.82. The van der Waals surface area contributed by atoms with E-state index in [0.29, 0.717) is 12.0 Å². The summed E-state index contributed by atoms with van der Waals surface area (Å²) in [5.74, 6) is -3.99. The SMILES string of the molecule is CC(C(=O)OOC(=O)[C@H]1CC(O)[C@H](O)[C@@H](O)[C@@H]1O)c1cccc(Cc2ccccc2)c1. The molecular weight excluding hydrogens is 404 g/mol. The number of rotatable bonds is 5. The van der Waals surface area contributed by atoms with E-state index in [1.54, 1.807) is 13.0 Å². The monoisotopic (exact) mass is 430 g/mol. The lowest BCUT2D eigenvalue weighted by molar-refractivity contribution is -0.269. The van der Waals surface area contributed by atoms with Crippen molar-refractivity contribution in [2.24, 2.45) is 5.92 Å². The second-order valence-electron chi connectivity index (χ2n) is 7.82. The molecular formula is C23H26O8. The van der Waals surface area contributed by atoms with Crippen LogP contribution in [0, 0.1) is 5.92 Å². The van der Waals surface area contributed by atoms with Crippen LogP contribution < -0.4 is 0 Å². The standard InChI is InChI=1S/C23H26O8/c1-13(16-9-5-8-15(11-16)10-14-6-3-2-4-7-14)22(28)30-31-23(29)17-12-18(24)20(26)21(27)19(17)25/h2-9,11,13,17-21,24-27H,10,12H2,1H3/t13?,17-,18?,19+,20-,21-/m0/s1. The zero-order chi connectivity index (χ0) is 22.5. The largest absolute Gasteiger partial charge is 0.390 e. The van der Waals surface area contributed by atoms with Crippen molar-refractivity contribution >= 4 is 11.9 Å². The topological polar surface area (TPSA) is 134 Å². The number of hydrogen-bond acceptors (Lipinski definition) is 8. The van der Waals surface area contributed by atoms with Crippen LogP contribution in [-0.2, 0) is 25.8 Å². The van der Waals surface area contributed by atoms with E-state index < -0.39 is 48.2 Å². The van der Waals surface area contributed by atoms with Crippen LogP contribution in [0.5, 0.6) is 0 Å². The molecule has 4 N–H and O–H groups in total. The molecule has 2 aromatic carbocycles. The minimum atomic E-state index is -1.72. The molecule has 31 heavy (non-hydrogen) atoms. The third kappa shape index (κ3) is 5.48. The number of benzene rings is 2. The van der Waals surface area contributed by atoms with Gasteiger partial charge in [-0.1, -0.05) is 54.6 Å². The fourth-order valence-electron chi connectivity index (χ4n) is 3.60. The Balaban J connectivity index is 1.58. The van der Waals surface area contributed by atoms with Crippen molar-refractivity contribution in [1.29, 1.82) is 0 Å². The van der Waals surface area contributed by atoms with Crippen molar-refractivity contribution in [3.8, 4) is 0 Å². The Hall–Kier alpha value is -2.78. The highest BCUT2D eigenvalue weighted by Crippen LogP contribution is 2.27. The van der Waals surface area contributed by atoms with Crippen molar-refractivity contribution in [2.45, 2.75) is 50.1 Å². The molecule has 166 valence electrons. The molecule has 1 aliphatic carbocycles. The number of aliphatic hydroxyl groups excluding tert-OH is 4. The van der Waals surface area contributed by atoms with Gasteiger partial charge in [0.2, 0.25) is 0 Å². The summed E-state index contributed by atoms with van der Waals surface area (Å²) in [6.45, 7) is 1.61. The lowest BCUT2D eigenvalue weighted by Crippen LogP contribution is -2.55. The molecule has 1 fully saturated rings. The van der Waals surface area contributed by atoms with Crippen LogP contribution in [0.4, 0.5) is 0 Å². The van der Waals surface area contributed by atoms with Crippen molar-refractivity contribution in [3.05, 3.63) is 71.3 Å². The number of carbonyl (C=O) groups is 2. The van der Waals surface area contributed by atoms with Crippen molar-refractivity contribution < 1.29 is 39.8 Å². The Kier molecular flexibility index (Phi) is 7.40. The first-order chi connectivity index (χ1) is 14.8. The van der Waals surface area contributed by atoms with Gasteiger partial charge in [-0.15, -0.1) is 0 Å². The normalized spacial score (nSPS) is 26.7. The van der Waals surface area contributed by atoms with Gasteiger partial charge in [0, 0.05) is 0 Å². The van der Waals surface area contributed by atoms with Crippen LogP contribution in [0.3, 0.4) is 0 Å². The van der Waals surface area contributed by atoms with Crippen molar-refractivity contribution in [3.63, 3.8) is 0 Å². The zero-order valence-corrected chi connectivity index (χ0v) is 17.0. The van der Waals surface area contributed by atoms with Gasteiger partial charge in [-0.05, 0) is 36.5 Å². The Bertz CT molecular complexity index is 899. The van der Waals surface area contributed by atoms with Crippen molar-refractivity contribution in [1.82, 2.24) is 0 Å². The number of carbonyl (C=O) groups excluding carboxylic acids is 2. The van der Waals surface area contributed by atoms with Gasteiger partial charge in [-0.25, -0.2) is 19.4 Å². The fraction of sp³-hybridized carbons (Fsp3) is 0.391. The van der Waals surface area contributed by atoms with E-state index in [1.807, 2.05) is 48.5 Å². The van der Waals surface area contributed by atoms with Gasteiger partial charge in [0.15, 0.2) is 0 Å². The van der Waals surface area contributed by atoms with E-state index >= 15 is 0 Å². The molecule has 0 aliphatic heterocycles. The Morgan fingerprint density at radius 1 is 0.903 bits per heavy atom. The minimum absolute atomic E-state index is 0.340. The highest BCUT2D eigenvalue weighted by atomic mass is 17.2. The third-order valence-electron chi connectivity index (χ3n) is 5.57. The second kappa shape index (κ2) is 10.0. The lowest BCUT2D eigenvalue weighted by atomic mass is 9.81. The molecule has 2 aromatic rings. The predicted octanol–water partition coefficient (Wildman–Crippen LogP) is 0.846. The summed E-state index contributed by atoms with van der Waals surface area (Å²) in [7, 11) is 0. The number of aliphatic hydroxyl groups is 4. The van der Waals surface area contributed by atoms with Gasteiger partial charge in [-0.2, -0.15) is 0 Å². The molecule has 0 heterocycles. The molecule has 6 atom stereocenters. The summed E-state index contributed by atoms with van der Waals surface area (Å²) in [4.78, 5) is 33.7. The maximum absolute atomic E-state index is 12.4. The Morgan fingerprint density at radius 2 is 1.58 bits per heavy atom. The van der Waals surface area contributed by atoms with E-state index in [4.69, 9.17) is 0 Å². The van der Waals surface area contributed by atoms with Gasteiger partial charge in [-0.3, -0.25) is 0 Å². The summed E-state index contributed by atoms with van der Waals surface area (Å²) in [5, 5.41) is 38.9. The second-order valence-corrected chi connectivity index (χ2v) is 7.82. The summed E-state index contributed by atoms with van der Waals surface area (Å²) in [6.07, 6.45) is -6.02. The molecule has 0 amide bonds. The van der Waals surface area contributed by atoms with Crippen LogP contribution in [0.1, 0.15) is 36.0 Å². The summed E-state index contributed by atoms with van der Waals surface area (Å²) in [6, 6.07) is 17.3. The Morgan fingerprint density at radius 3 is 2.29 bits per heavy atom. The molecule has 1 saturated carbocycles. The molecule has 3 rings (SSSR count). The first-order valence-corrected chi connectivity index (χ1v) is 10.0. The van der Waals surface area contributed by atoms with Crippen LogP contribution in [0.2, 0.25) is 0 Å². The summed E-state index contributed by atoms with van der Waals surface area (Å²) >= 11 is 0. The van der Waals surface area contributed by atoms with Gasteiger partial charge in [0.25, 0.3) is 0 Å². The highest BCUT2D eigenvalue weighted by Gasteiger charge is 2.46. The third-order valence-corrected chi connectivity index (χ3v) is 5.57. The van der Waals surface area contributed by atoms with Crippen LogP contribution >= 0.6 is 0 Å². The number of hydrogen-bond donors (Lipinski definition) is 4. The van der Waals surface area contributed by atoms with Crippen LogP contribution in [-0.4, -0.2) is 56.8 Å². The van der Waals surface area contributed by atoms with E-state index in [9.17, 15) is 30.0 Å². The predicted molar refractivity (Wildman–Crippen MR) is 108 cm³/mol. The summed E-state index contributed by atoms with van der Waals surface area (Å²) < 4.78 is 0. The molecule has 0 radical (unpaired) electrons. The molecule has 2 unspecified atom stereocenters. The lowest BCUT2D eigenvalue weighted by Gasteiger charge is -2.36. The van der Waals surface area contributed by atoms with E-state index in [1.165, 1.54) is 0 Å². The molecule has 1 aliphatic rings. The molecule has 0 saturated heterocycles. The Labute approximate surface area is 179 Å². The average Bonchev–Trinajstić information content (AvgIpc) is 2.78. The van der Waals surface area contributed by atoms with Gasteiger partial charge < -0.3 is 20.4 Å². The first-order valence-electron chi connectivity index (χ1n) is 10.0. The zero-order valence-electron chi connectivity index (χ0n) is 17.0. The van der Waals surface area contributed by atoms with Crippen LogP contribution in [0.15, 0.2) is 54.6 Å². The minimum Gasteiger partial charge on any atom is -0.390 e. The molecule has 0 aromatic heterocycles. The maximum atomic E-state index is 12.4. The van der Waals surface area contributed by atoms with Gasteiger partial charge in [0.1, 0.15) is 12.2 Å². The van der Waals surface area contributed by atoms with E-state index in [2.05, 4.69) is 9.78 Å². The van der Waals surface area contributed by atoms with Gasteiger partial charge in [0.05, 0.1) is 24.0 Å². The molecule has 8 nitrogen and oxygen atoms in total. The first kappa shape index (κ1) is 22.9. The highest BCUT2D eigenvalue weighted by molar-refractivity contribution is 5.79. The molecule has 8 heteroatoms. The van der Waals surface area contributed by atoms with Crippen molar-refractivity contribution in [2.75, 3.05) is 0 Å². The molecule has 0 spiro atoms. The van der Waals surface area contributed by atoms with E-state index in [0.717, 1.165) is 11.1 Å². The smallest absolute Gasteiger partial charge is 0.362 e. The average molecular weight is 430 g/mol. The molecule has 0 bridgehead atoms. The van der Waals surface area contributed by atoms with Crippen LogP contribution in [0.25, 0.3) is 0 Å². The maximum Gasteiger partial charge on any atom is 0.362 e. The van der Waals surface area contributed by atoms with E-state index in [-0.39, 0.29) is 6.42 Å².